The van der Waals surface area contributed by atoms with Crippen LogP contribution in [0.2, 0.25) is 0 Å². The van der Waals surface area contributed by atoms with Crippen LogP contribution in [0.4, 0.5) is 0 Å². The Kier molecular flexibility index (Phi) is 9.08. The number of hydrogen-bond donors (Lipinski definition) is 1. The van der Waals surface area contributed by atoms with Crippen LogP contribution in [0.5, 0.6) is 0 Å². The van der Waals surface area contributed by atoms with Crippen molar-refractivity contribution in [2.75, 3.05) is 7.11 Å². The van der Waals surface area contributed by atoms with E-state index in [0.29, 0.717) is 5.56 Å². The summed E-state index contributed by atoms with van der Waals surface area (Å²) >= 11 is 0. The quantitative estimate of drug-likeness (QED) is 0.260. The standard InChI is InChI=1S/C33H42O13/c1-16-27(31(7)22(13-25(38)41-9)30(5,6)46-26(39)14-24(31)43-17(2)34)28(44-18(3)35)29(45-19(4)36)32(8)21(20-10-11-42-15-20)12-23(37)33(16,32)40/h10-11,15,21-22,24,27-29,40H,1,12-14H2,2-9H3/t21-,22?,24-,27?,28+,29-,31+,32+,33+/m0/s1. The lowest BCUT2D eigenvalue weighted by molar-refractivity contribution is -0.236. The second-order valence-corrected chi connectivity index (χ2v) is 13.4. The number of rotatable bonds is 7. The number of cyclic esters (lactones) is 1. The number of Topliss-reactive ketones (excluding diaryl/α,β-unsaturated/α-hetero) is 1. The minimum Gasteiger partial charge on any atom is -0.472 e. The number of hydrogen-bond acceptors (Lipinski definition) is 13. The molecular formula is C33H42O13. The zero-order chi connectivity index (χ0) is 34.6. The van der Waals surface area contributed by atoms with E-state index >= 15 is 0 Å². The van der Waals surface area contributed by atoms with Gasteiger partial charge in [0.1, 0.15) is 23.9 Å². The van der Waals surface area contributed by atoms with Crippen molar-refractivity contribution in [1.82, 2.24) is 0 Å². The Hall–Kier alpha value is -4.00. The molecule has 3 aliphatic rings. The van der Waals surface area contributed by atoms with Crippen molar-refractivity contribution >= 4 is 35.6 Å². The number of furan rings is 1. The maximum Gasteiger partial charge on any atom is 0.310 e. The Morgan fingerprint density at radius 3 is 2.11 bits per heavy atom. The molecular weight excluding hydrogens is 604 g/mol. The fourth-order valence-electron chi connectivity index (χ4n) is 8.58. The fourth-order valence-corrected chi connectivity index (χ4v) is 8.58. The number of ether oxygens (including phenoxy) is 5. The van der Waals surface area contributed by atoms with E-state index in [1.807, 2.05) is 0 Å². The molecule has 13 heteroatoms. The minimum atomic E-state index is -2.41. The zero-order valence-electron chi connectivity index (χ0n) is 27.4. The highest BCUT2D eigenvalue weighted by Crippen LogP contribution is 2.68. The topological polar surface area (TPSA) is 182 Å². The highest BCUT2D eigenvalue weighted by molar-refractivity contribution is 5.96. The van der Waals surface area contributed by atoms with Crippen LogP contribution < -0.4 is 0 Å². The van der Waals surface area contributed by atoms with E-state index < -0.39 is 100 Å². The summed E-state index contributed by atoms with van der Waals surface area (Å²) in [7, 11) is 1.18. The summed E-state index contributed by atoms with van der Waals surface area (Å²) in [6.07, 6.45) is -2.60. The fraction of sp³-hybridized carbons (Fsp3) is 0.636. The van der Waals surface area contributed by atoms with Crippen LogP contribution in [-0.2, 0) is 52.5 Å². The van der Waals surface area contributed by atoms with Gasteiger partial charge in [-0.25, -0.2) is 0 Å². The second-order valence-electron chi connectivity index (χ2n) is 13.4. The summed E-state index contributed by atoms with van der Waals surface area (Å²) < 4.78 is 33.8. The number of fused-ring (bicyclic) bond motifs is 1. The Labute approximate surface area is 266 Å². The molecule has 1 N–H and O–H groups in total. The van der Waals surface area contributed by atoms with E-state index in [4.69, 9.17) is 28.1 Å². The molecule has 2 unspecified atom stereocenters. The number of aliphatic hydroxyl groups is 1. The van der Waals surface area contributed by atoms with Crippen molar-refractivity contribution in [3.05, 3.63) is 36.3 Å². The van der Waals surface area contributed by atoms with Gasteiger partial charge in [0.2, 0.25) is 0 Å². The van der Waals surface area contributed by atoms with Crippen molar-refractivity contribution in [2.45, 2.75) is 103 Å². The molecule has 46 heavy (non-hydrogen) atoms. The molecule has 9 atom stereocenters. The first-order valence-electron chi connectivity index (χ1n) is 15.0. The highest BCUT2D eigenvalue weighted by atomic mass is 16.6. The van der Waals surface area contributed by atoms with Crippen LogP contribution in [0.25, 0.3) is 0 Å². The third-order valence-corrected chi connectivity index (χ3v) is 10.5. The summed E-state index contributed by atoms with van der Waals surface area (Å²) in [5.41, 5.74) is -6.77. The van der Waals surface area contributed by atoms with Gasteiger partial charge in [-0.1, -0.05) is 20.4 Å². The molecule has 1 aliphatic heterocycles. The first kappa shape index (κ1) is 34.9. The monoisotopic (exact) mass is 646 g/mol. The predicted molar refractivity (Wildman–Crippen MR) is 156 cm³/mol. The smallest absolute Gasteiger partial charge is 0.310 e. The first-order chi connectivity index (χ1) is 21.3. The number of methoxy groups -OCH3 is 1. The normalized spacial score (nSPS) is 36.9. The summed E-state index contributed by atoms with van der Waals surface area (Å²) in [5.74, 6) is -7.68. The Balaban J connectivity index is 2.11. The molecule has 2 aliphatic carbocycles. The van der Waals surface area contributed by atoms with Crippen LogP contribution in [0.1, 0.15) is 79.2 Å². The van der Waals surface area contributed by atoms with E-state index in [1.54, 1.807) is 33.8 Å². The van der Waals surface area contributed by atoms with Crippen LogP contribution in [0.3, 0.4) is 0 Å². The Morgan fingerprint density at radius 1 is 0.978 bits per heavy atom. The molecule has 1 saturated heterocycles. The van der Waals surface area contributed by atoms with Gasteiger partial charge in [-0.2, -0.15) is 0 Å². The maximum absolute atomic E-state index is 14.1. The molecule has 252 valence electrons. The zero-order valence-corrected chi connectivity index (χ0v) is 27.4. The van der Waals surface area contributed by atoms with Crippen LogP contribution in [-0.4, -0.2) is 77.4 Å². The lowest BCUT2D eigenvalue weighted by Gasteiger charge is -2.61. The number of carbonyl (C=O) groups excluding carboxylic acids is 6. The first-order valence-corrected chi connectivity index (χ1v) is 15.0. The summed E-state index contributed by atoms with van der Waals surface area (Å²) in [6, 6.07) is 1.62. The summed E-state index contributed by atoms with van der Waals surface area (Å²) in [6.45, 7) is 14.0. The lowest BCUT2D eigenvalue weighted by Crippen LogP contribution is -2.71. The molecule has 13 nitrogen and oxygen atoms in total. The summed E-state index contributed by atoms with van der Waals surface area (Å²) in [5, 5.41) is 12.8. The Bertz CT molecular complexity index is 1440. The highest BCUT2D eigenvalue weighted by Gasteiger charge is 2.77. The van der Waals surface area contributed by atoms with Crippen molar-refractivity contribution in [2.24, 2.45) is 22.7 Å². The van der Waals surface area contributed by atoms with Crippen LogP contribution >= 0.6 is 0 Å². The number of ketones is 1. The van der Waals surface area contributed by atoms with Gasteiger partial charge >= 0.3 is 29.8 Å². The van der Waals surface area contributed by atoms with Gasteiger partial charge in [0.05, 0.1) is 37.9 Å². The second kappa shape index (κ2) is 12.0. The molecule has 4 rings (SSSR count). The van der Waals surface area contributed by atoms with E-state index in [-0.39, 0.29) is 18.4 Å². The van der Waals surface area contributed by atoms with E-state index in [0.717, 1.165) is 20.8 Å². The Morgan fingerprint density at radius 2 is 1.59 bits per heavy atom. The minimum absolute atomic E-state index is 0.125. The molecule has 0 bridgehead atoms. The van der Waals surface area contributed by atoms with Crippen molar-refractivity contribution in [3.63, 3.8) is 0 Å². The van der Waals surface area contributed by atoms with Crippen molar-refractivity contribution < 1.29 is 62.0 Å². The molecule has 0 amide bonds. The van der Waals surface area contributed by atoms with E-state index in [9.17, 15) is 33.9 Å². The molecule has 1 aromatic rings. The van der Waals surface area contributed by atoms with Gasteiger partial charge in [0, 0.05) is 50.4 Å². The SMILES string of the molecule is C=C1C([C@]2(C)C(CC(=O)OC)C(C)(C)OC(=O)C[C@@H]2OC(C)=O)[C@@H](OC(C)=O)[C@H](OC(C)=O)[C@@]2(C)[C@H](c3ccoc3)CC(=O)[C@]12O. The average Bonchev–Trinajstić information content (AvgIpc) is 3.52. The molecule has 0 aromatic carbocycles. The van der Waals surface area contributed by atoms with Gasteiger partial charge in [-0.15, -0.1) is 0 Å². The molecule has 0 spiro atoms. The van der Waals surface area contributed by atoms with Crippen molar-refractivity contribution in [1.29, 1.82) is 0 Å². The largest absolute Gasteiger partial charge is 0.472 e. The summed E-state index contributed by atoms with van der Waals surface area (Å²) in [4.78, 5) is 78.5. The van der Waals surface area contributed by atoms with E-state index in [1.165, 1.54) is 19.6 Å². The maximum atomic E-state index is 14.1. The van der Waals surface area contributed by atoms with E-state index in [2.05, 4.69) is 6.58 Å². The number of esters is 5. The number of carbonyl (C=O) groups is 6. The van der Waals surface area contributed by atoms with Gasteiger partial charge in [0.25, 0.3) is 0 Å². The third-order valence-electron chi connectivity index (χ3n) is 10.5. The third kappa shape index (κ3) is 5.31. The molecule has 2 heterocycles. The average molecular weight is 647 g/mol. The molecule has 3 fully saturated rings. The lowest BCUT2D eigenvalue weighted by atomic mass is 9.46. The van der Waals surface area contributed by atoms with Crippen LogP contribution in [0.15, 0.2) is 35.2 Å². The molecule has 1 aromatic heterocycles. The van der Waals surface area contributed by atoms with Crippen molar-refractivity contribution in [3.8, 4) is 0 Å². The van der Waals surface area contributed by atoms with Gasteiger partial charge in [-0.05, 0) is 31.1 Å². The van der Waals surface area contributed by atoms with Gasteiger partial charge in [0.15, 0.2) is 11.4 Å². The predicted octanol–water partition coefficient (Wildman–Crippen LogP) is 2.97. The van der Waals surface area contributed by atoms with Gasteiger partial charge in [-0.3, -0.25) is 28.8 Å². The molecule has 2 saturated carbocycles. The van der Waals surface area contributed by atoms with Crippen LogP contribution in [0, 0.1) is 22.7 Å². The van der Waals surface area contributed by atoms with Gasteiger partial charge < -0.3 is 33.2 Å². The molecule has 0 radical (unpaired) electrons.